The van der Waals surface area contributed by atoms with Crippen molar-refractivity contribution < 1.29 is 0 Å². The lowest BCUT2D eigenvalue weighted by atomic mass is 10.2. The van der Waals surface area contributed by atoms with Gasteiger partial charge in [0.05, 0.1) is 5.52 Å². The van der Waals surface area contributed by atoms with E-state index in [0.717, 1.165) is 21.5 Å². The van der Waals surface area contributed by atoms with Crippen molar-refractivity contribution in [1.82, 2.24) is 29.4 Å². The van der Waals surface area contributed by atoms with Crippen LogP contribution in [0.15, 0.2) is 34.8 Å². The topological polar surface area (TPSA) is 60.9 Å². The predicted octanol–water partition coefficient (Wildman–Crippen LogP) is 2.93. The van der Waals surface area contributed by atoms with E-state index >= 15 is 0 Å². The van der Waals surface area contributed by atoms with Crippen LogP contribution in [0.4, 0.5) is 0 Å². The first-order chi connectivity index (χ1) is 10.2. The van der Waals surface area contributed by atoms with Gasteiger partial charge < -0.3 is 4.57 Å². The highest BCUT2D eigenvalue weighted by Gasteiger charge is 2.31. The van der Waals surface area contributed by atoms with Crippen LogP contribution in [0.2, 0.25) is 0 Å². The second-order valence-electron chi connectivity index (χ2n) is 5.60. The molecule has 0 aliphatic heterocycles. The van der Waals surface area contributed by atoms with Gasteiger partial charge >= 0.3 is 0 Å². The Morgan fingerprint density at radius 3 is 2.90 bits per heavy atom. The maximum atomic E-state index is 4.40. The molecule has 0 saturated heterocycles. The van der Waals surface area contributed by atoms with E-state index in [2.05, 4.69) is 38.7 Å². The predicted molar refractivity (Wildman–Crippen MR) is 79.5 cm³/mol. The Morgan fingerprint density at radius 1 is 1.29 bits per heavy atom. The molecule has 0 atom stereocenters. The number of aromatic nitrogens is 6. The van der Waals surface area contributed by atoms with Crippen LogP contribution in [0.1, 0.15) is 44.5 Å². The van der Waals surface area contributed by atoms with Gasteiger partial charge in [0.15, 0.2) is 5.16 Å². The van der Waals surface area contributed by atoms with E-state index in [4.69, 9.17) is 0 Å². The van der Waals surface area contributed by atoms with E-state index in [1.807, 2.05) is 22.8 Å². The SMILES string of the molecule is CC(C)c1nnc(Sc2ncnn3cccc23)n1C1CC1. The zero-order valence-electron chi connectivity index (χ0n) is 12.0. The summed E-state index contributed by atoms with van der Waals surface area (Å²) < 4.78 is 4.12. The highest BCUT2D eigenvalue weighted by molar-refractivity contribution is 7.99. The smallest absolute Gasteiger partial charge is 0.197 e. The Hall–Kier alpha value is -1.89. The Labute approximate surface area is 126 Å². The molecule has 0 amide bonds. The Morgan fingerprint density at radius 2 is 2.14 bits per heavy atom. The molecule has 0 radical (unpaired) electrons. The van der Waals surface area contributed by atoms with Crippen LogP contribution in [0.3, 0.4) is 0 Å². The molecule has 21 heavy (non-hydrogen) atoms. The number of hydrogen-bond donors (Lipinski definition) is 0. The molecule has 4 rings (SSSR count). The summed E-state index contributed by atoms with van der Waals surface area (Å²) in [5.74, 6) is 1.45. The number of fused-ring (bicyclic) bond motifs is 1. The van der Waals surface area contributed by atoms with Crippen LogP contribution < -0.4 is 0 Å². The summed E-state index contributed by atoms with van der Waals surface area (Å²) in [5, 5.41) is 14.8. The first kappa shape index (κ1) is 12.8. The summed E-state index contributed by atoms with van der Waals surface area (Å²) >= 11 is 1.57. The van der Waals surface area contributed by atoms with Gasteiger partial charge in [0.1, 0.15) is 17.2 Å². The van der Waals surface area contributed by atoms with Crippen LogP contribution >= 0.6 is 11.8 Å². The molecule has 1 saturated carbocycles. The lowest BCUT2D eigenvalue weighted by molar-refractivity contribution is 0.599. The summed E-state index contributed by atoms with van der Waals surface area (Å²) in [5.41, 5.74) is 0.999. The molecule has 1 aliphatic carbocycles. The van der Waals surface area contributed by atoms with Gasteiger partial charge in [-0.1, -0.05) is 13.8 Å². The fourth-order valence-electron chi connectivity index (χ4n) is 2.44. The van der Waals surface area contributed by atoms with Crippen molar-refractivity contribution in [2.75, 3.05) is 0 Å². The van der Waals surface area contributed by atoms with E-state index < -0.39 is 0 Å². The van der Waals surface area contributed by atoms with Gasteiger partial charge in [0.2, 0.25) is 0 Å². The summed E-state index contributed by atoms with van der Waals surface area (Å²) in [6, 6.07) is 4.55. The molecule has 3 heterocycles. The summed E-state index contributed by atoms with van der Waals surface area (Å²) in [6.45, 7) is 4.32. The molecule has 0 aromatic carbocycles. The average molecular weight is 300 g/mol. The third-order valence-corrected chi connectivity index (χ3v) is 4.57. The van der Waals surface area contributed by atoms with Gasteiger partial charge in [-0.25, -0.2) is 9.50 Å². The summed E-state index contributed by atoms with van der Waals surface area (Å²) in [4.78, 5) is 4.40. The van der Waals surface area contributed by atoms with Crippen molar-refractivity contribution in [2.45, 2.75) is 48.8 Å². The third kappa shape index (κ3) is 2.21. The molecular formula is C14H16N6S. The standard InChI is InChI=1S/C14H16N6S/c1-9(2)12-17-18-14(20(12)10-5-6-10)21-13-11-4-3-7-19(11)16-8-15-13/h3-4,7-10H,5-6H2,1-2H3. The second-order valence-corrected chi connectivity index (χ2v) is 6.56. The van der Waals surface area contributed by atoms with Gasteiger partial charge in [0.25, 0.3) is 0 Å². The Balaban J connectivity index is 1.76. The maximum absolute atomic E-state index is 4.40. The fourth-order valence-corrected chi connectivity index (χ4v) is 3.40. The zero-order chi connectivity index (χ0) is 14.4. The lowest BCUT2D eigenvalue weighted by Gasteiger charge is -2.10. The molecule has 6 nitrogen and oxygen atoms in total. The maximum Gasteiger partial charge on any atom is 0.197 e. The fraction of sp³-hybridized carbons (Fsp3) is 0.429. The minimum Gasteiger partial charge on any atom is -0.302 e. The molecule has 1 fully saturated rings. The highest BCUT2D eigenvalue weighted by Crippen LogP contribution is 2.41. The molecule has 1 aliphatic rings. The number of hydrogen-bond acceptors (Lipinski definition) is 5. The first-order valence-corrected chi connectivity index (χ1v) is 7.96. The van der Waals surface area contributed by atoms with Gasteiger partial charge in [-0.3, -0.25) is 0 Å². The molecule has 0 bridgehead atoms. The van der Waals surface area contributed by atoms with Crippen molar-refractivity contribution in [1.29, 1.82) is 0 Å². The minimum absolute atomic E-state index is 0.381. The summed E-state index contributed by atoms with van der Waals surface area (Å²) in [6.07, 6.45) is 5.94. The van der Waals surface area contributed by atoms with E-state index in [9.17, 15) is 0 Å². The zero-order valence-corrected chi connectivity index (χ0v) is 12.8. The summed E-state index contributed by atoms with van der Waals surface area (Å²) in [7, 11) is 0. The number of nitrogens with zero attached hydrogens (tertiary/aromatic N) is 6. The van der Waals surface area contributed by atoms with Crippen LogP contribution in [-0.2, 0) is 0 Å². The lowest BCUT2D eigenvalue weighted by Crippen LogP contribution is -2.05. The third-order valence-electron chi connectivity index (χ3n) is 3.61. The van der Waals surface area contributed by atoms with E-state index in [1.54, 1.807) is 18.1 Å². The molecular weight excluding hydrogens is 284 g/mol. The van der Waals surface area contributed by atoms with Crippen molar-refractivity contribution in [2.24, 2.45) is 0 Å². The van der Waals surface area contributed by atoms with Crippen molar-refractivity contribution in [3.05, 3.63) is 30.5 Å². The van der Waals surface area contributed by atoms with Crippen LogP contribution in [0, 0.1) is 0 Å². The molecule has 0 N–H and O–H groups in total. The van der Waals surface area contributed by atoms with Gasteiger partial charge in [-0.05, 0) is 36.7 Å². The average Bonchev–Trinajstić information content (AvgIpc) is 3.02. The quantitative estimate of drug-likeness (QED) is 0.741. The van der Waals surface area contributed by atoms with Crippen LogP contribution in [0.25, 0.3) is 5.52 Å². The normalized spacial score (nSPS) is 15.2. The Bertz CT molecular complexity index is 786. The molecule has 7 heteroatoms. The first-order valence-electron chi connectivity index (χ1n) is 7.15. The van der Waals surface area contributed by atoms with E-state index in [-0.39, 0.29) is 0 Å². The van der Waals surface area contributed by atoms with Crippen molar-refractivity contribution in [3.63, 3.8) is 0 Å². The molecule has 3 aromatic heterocycles. The minimum atomic E-state index is 0.381. The molecule has 0 unspecified atom stereocenters. The van der Waals surface area contributed by atoms with E-state index in [0.29, 0.717) is 12.0 Å². The van der Waals surface area contributed by atoms with Gasteiger partial charge in [0, 0.05) is 18.2 Å². The Kier molecular flexibility index (Phi) is 2.95. The number of rotatable bonds is 4. The van der Waals surface area contributed by atoms with Crippen LogP contribution in [-0.4, -0.2) is 29.4 Å². The molecule has 0 spiro atoms. The van der Waals surface area contributed by atoms with E-state index in [1.165, 1.54) is 12.8 Å². The van der Waals surface area contributed by atoms with Crippen molar-refractivity contribution >= 4 is 17.3 Å². The molecule has 108 valence electrons. The monoisotopic (exact) mass is 300 g/mol. The largest absolute Gasteiger partial charge is 0.302 e. The highest BCUT2D eigenvalue weighted by atomic mass is 32.2. The van der Waals surface area contributed by atoms with Gasteiger partial charge in [-0.15, -0.1) is 10.2 Å². The second kappa shape index (κ2) is 4.84. The van der Waals surface area contributed by atoms with Gasteiger partial charge in [-0.2, -0.15) is 5.10 Å². The van der Waals surface area contributed by atoms with Crippen molar-refractivity contribution in [3.8, 4) is 0 Å². The van der Waals surface area contributed by atoms with Crippen LogP contribution in [0.5, 0.6) is 0 Å². The molecule has 3 aromatic rings.